The first-order valence-electron chi connectivity index (χ1n) is 18.5. The molecule has 0 amide bonds. The average molecular weight is 704 g/mol. The molecule has 0 aliphatic rings. The van der Waals surface area contributed by atoms with Gasteiger partial charge in [0.2, 0.25) is 0 Å². The number of nitrogens with zero attached hydrogens (tertiary/aromatic N) is 1. The molecular weight excluding hydrogens is 671 g/mol. The Labute approximate surface area is 317 Å². The summed E-state index contributed by atoms with van der Waals surface area (Å²) in [5.74, 6) is 0. The maximum atomic E-state index is 2.40. The summed E-state index contributed by atoms with van der Waals surface area (Å²) in [5, 5.41) is 12.9. The predicted octanol–water partition coefficient (Wildman–Crippen LogP) is 15.5. The third-order valence-electron chi connectivity index (χ3n) is 11.0. The van der Waals surface area contributed by atoms with Crippen molar-refractivity contribution < 1.29 is 0 Å². The van der Waals surface area contributed by atoms with E-state index in [0.717, 1.165) is 17.1 Å². The molecule has 0 fully saturated rings. The molecule has 0 saturated heterocycles. The molecule has 0 saturated carbocycles. The molecule has 1 aromatic heterocycles. The highest BCUT2D eigenvalue weighted by Gasteiger charge is 2.17. The van der Waals surface area contributed by atoms with E-state index < -0.39 is 0 Å². The number of rotatable bonds is 5. The van der Waals surface area contributed by atoms with E-state index >= 15 is 0 Å². The number of thiophene rings is 1. The smallest absolute Gasteiger partial charge is 0.0468 e. The second-order valence-corrected chi connectivity index (χ2v) is 15.2. The zero-order valence-corrected chi connectivity index (χ0v) is 30.2. The van der Waals surface area contributed by atoms with Gasteiger partial charge in [-0.2, -0.15) is 0 Å². The molecule has 11 rings (SSSR count). The van der Waals surface area contributed by atoms with Crippen molar-refractivity contribution in [1.29, 1.82) is 0 Å². The monoisotopic (exact) mass is 703 g/mol. The third-order valence-corrected chi connectivity index (χ3v) is 12.2. The van der Waals surface area contributed by atoms with Crippen molar-refractivity contribution in [1.82, 2.24) is 0 Å². The molecule has 0 N–H and O–H groups in total. The first-order chi connectivity index (χ1) is 26.8. The van der Waals surface area contributed by atoms with Crippen LogP contribution in [0.4, 0.5) is 17.1 Å². The second kappa shape index (κ2) is 12.4. The van der Waals surface area contributed by atoms with Gasteiger partial charge in [-0.25, -0.2) is 0 Å². The Kier molecular flexibility index (Phi) is 7.11. The van der Waals surface area contributed by atoms with Crippen LogP contribution in [0, 0.1) is 0 Å². The van der Waals surface area contributed by atoms with E-state index in [4.69, 9.17) is 0 Å². The topological polar surface area (TPSA) is 3.24 Å². The van der Waals surface area contributed by atoms with E-state index in [2.05, 4.69) is 205 Å². The average Bonchev–Trinajstić information content (AvgIpc) is 3.63. The molecule has 0 unspecified atom stereocenters. The Morgan fingerprint density at radius 3 is 1.83 bits per heavy atom. The molecule has 0 radical (unpaired) electrons. The minimum absolute atomic E-state index is 1.11. The van der Waals surface area contributed by atoms with Crippen LogP contribution in [-0.4, -0.2) is 0 Å². The lowest BCUT2D eigenvalue weighted by Crippen LogP contribution is -2.10. The van der Waals surface area contributed by atoms with Gasteiger partial charge in [-0.3, -0.25) is 0 Å². The second-order valence-electron chi connectivity index (χ2n) is 14.1. The van der Waals surface area contributed by atoms with E-state index in [1.807, 2.05) is 11.3 Å². The lowest BCUT2D eigenvalue weighted by Gasteiger charge is -2.27. The number of fused-ring (bicyclic) bond motifs is 10. The van der Waals surface area contributed by atoms with Gasteiger partial charge >= 0.3 is 0 Å². The summed E-state index contributed by atoms with van der Waals surface area (Å²) in [6.07, 6.45) is 0. The van der Waals surface area contributed by atoms with Crippen LogP contribution >= 0.6 is 11.3 Å². The van der Waals surface area contributed by atoms with Gasteiger partial charge in [0.15, 0.2) is 0 Å². The highest BCUT2D eigenvalue weighted by molar-refractivity contribution is 7.26. The van der Waals surface area contributed by atoms with E-state index in [0.29, 0.717) is 0 Å². The van der Waals surface area contributed by atoms with Gasteiger partial charge in [0.25, 0.3) is 0 Å². The van der Waals surface area contributed by atoms with Gasteiger partial charge in [-0.15, -0.1) is 11.3 Å². The van der Waals surface area contributed by atoms with Crippen LogP contribution < -0.4 is 4.90 Å². The Morgan fingerprint density at radius 2 is 0.963 bits per heavy atom. The first-order valence-corrected chi connectivity index (χ1v) is 19.3. The molecule has 252 valence electrons. The van der Waals surface area contributed by atoms with Gasteiger partial charge in [-0.05, 0) is 114 Å². The Balaban J connectivity index is 1.07. The van der Waals surface area contributed by atoms with Crippen molar-refractivity contribution in [3.8, 4) is 22.3 Å². The predicted molar refractivity (Wildman–Crippen MR) is 235 cm³/mol. The summed E-state index contributed by atoms with van der Waals surface area (Å²) in [7, 11) is 0. The molecule has 1 heterocycles. The molecule has 0 aliphatic carbocycles. The van der Waals surface area contributed by atoms with Crippen LogP contribution in [0.15, 0.2) is 200 Å². The zero-order chi connectivity index (χ0) is 35.6. The van der Waals surface area contributed by atoms with Crippen LogP contribution in [0.25, 0.3) is 85.5 Å². The fourth-order valence-electron chi connectivity index (χ4n) is 8.45. The van der Waals surface area contributed by atoms with Crippen LogP contribution in [0.2, 0.25) is 0 Å². The highest BCUT2D eigenvalue weighted by atomic mass is 32.1. The van der Waals surface area contributed by atoms with Gasteiger partial charge in [0.05, 0.1) is 0 Å². The van der Waals surface area contributed by atoms with Crippen molar-refractivity contribution >= 4 is 91.7 Å². The van der Waals surface area contributed by atoms with Crippen molar-refractivity contribution in [2.75, 3.05) is 4.90 Å². The largest absolute Gasteiger partial charge is 0.310 e. The maximum absolute atomic E-state index is 2.40. The molecule has 0 spiro atoms. The molecule has 54 heavy (non-hydrogen) atoms. The molecule has 2 heteroatoms. The minimum atomic E-state index is 1.11. The fraction of sp³-hybridized carbons (Fsp3) is 0. The lowest BCUT2D eigenvalue weighted by atomic mass is 9.90. The van der Waals surface area contributed by atoms with E-state index in [1.54, 1.807) is 0 Å². The standard InChI is InChI=1S/C52H33NS/c1-2-11-34(12-3-1)37-14-10-15-41(31-37)53(42-28-30-44-38(32-42)25-29-48-46-18-8-9-20-50(46)54-52(44)48)40-26-23-36(24-27-40)49-33-39-22-21-35-13-4-5-16-43(35)51(39)47-19-7-6-17-45(47)49/h1-33H. The summed E-state index contributed by atoms with van der Waals surface area (Å²) in [4.78, 5) is 2.40. The summed E-state index contributed by atoms with van der Waals surface area (Å²) < 4.78 is 2.67. The van der Waals surface area contributed by atoms with Gasteiger partial charge < -0.3 is 4.90 Å². The molecule has 11 aromatic rings. The van der Waals surface area contributed by atoms with E-state index in [1.165, 1.54) is 85.5 Å². The SMILES string of the molecule is c1ccc(-c2cccc(N(c3ccc(-c4cc5ccc6ccccc6c5c5ccccc45)cc3)c3ccc4c(ccc5c6ccccc6sc45)c3)c2)cc1. The number of hydrogen-bond acceptors (Lipinski definition) is 2. The van der Waals surface area contributed by atoms with Crippen LogP contribution in [0.5, 0.6) is 0 Å². The molecule has 0 bridgehead atoms. The molecule has 0 atom stereocenters. The van der Waals surface area contributed by atoms with Crippen LogP contribution in [-0.2, 0) is 0 Å². The summed E-state index contributed by atoms with van der Waals surface area (Å²) >= 11 is 1.89. The van der Waals surface area contributed by atoms with Crippen molar-refractivity contribution in [2.45, 2.75) is 0 Å². The minimum Gasteiger partial charge on any atom is -0.310 e. The van der Waals surface area contributed by atoms with E-state index in [-0.39, 0.29) is 0 Å². The normalized spacial score (nSPS) is 11.7. The van der Waals surface area contributed by atoms with Crippen molar-refractivity contribution in [3.05, 3.63) is 200 Å². The Hall–Kier alpha value is -6.74. The van der Waals surface area contributed by atoms with Gasteiger partial charge in [-0.1, -0.05) is 152 Å². The first kappa shape index (κ1) is 30.8. The van der Waals surface area contributed by atoms with Crippen molar-refractivity contribution in [3.63, 3.8) is 0 Å². The Bertz CT molecular complexity index is 3210. The summed E-state index contributed by atoms with van der Waals surface area (Å²) in [6.45, 7) is 0. The number of hydrogen-bond donors (Lipinski definition) is 0. The molecule has 1 nitrogen and oxygen atoms in total. The van der Waals surface area contributed by atoms with E-state index in [9.17, 15) is 0 Å². The zero-order valence-electron chi connectivity index (χ0n) is 29.4. The third kappa shape index (κ3) is 4.99. The van der Waals surface area contributed by atoms with Crippen molar-refractivity contribution in [2.24, 2.45) is 0 Å². The lowest BCUT2D eigenvalue weighted by molar-refractivity contribution is 1.29. The number of anilines is 3. The van der Waals surface area contributed by atoms with Crippen LogP contribution in [0.1, 0.15) is 0 Å². The fourth-order valence-corrected chi connectivity index (χ4v) is 9.69. The van der Waals surface area contributed by atoms with Gasteiger partial charge in [0.1, 0.15) is 0 Å². The summed E-state index contributed by atoms with van der Waals surface area (Å²) in [6, 6.07) is 73.5. The summed E-state index contributed by atoms with van der Waals surface area (Å²) in [5.41, 5.74) is 8.21. The highest BCUT2D eigenvalue weighted by Crippen LogP contribution is 2.44. The molecular formula is C52H33NS. The maximum Gasteiger partial charge on any atom is 0.0468 e. The van der Waals surface area contributed by atoms with Gasteiger partial charge in [0, 0.05) is 37.2 Å². The quantitative estimate of drug-likeness (QED) is 0.161. The molecule has 10 aromatic carbocycles. The van der Waals surface area contributed by atoms with Crippen LogP contribution in [0.3, 0.4) is 0 Å². The Morgan fingerprint density at radius 1 is 0.315 bits per heavy atom. The molecule has 0 aliphatic heterocycles. The number of benzene rings is 10.